The first-order valence-electron chi connectivity index (χ1n) is 24.3. The van der Waals surface area contributed by atoms with Crippen molar-refractivity contribution in [1.29, 1.82) is 0 Å². The van der Waals surface area contributed by atoms with E-state index in [0.29, 0.717) is 5.92 Å². The average Bonchev–Trinajstić information content (AvgIpc) is 3.76. The molecule has 318 valence electrons. The molecule has 0 N–H and O–H groups in total. The van der Waals surface area contributed by atoms with Crippen LogP contribution in [0.1, 0.15) is 116 Å². The van der Waals surface area contributed by atoms with Gasteiger partial charge in [-0.25, -0.2) is 0 Å². The highest BCUT2D eigenvalue weighted by Crippen LogP contribution is 2.69. The molecule has 0 saturated heterocycles. The van der Waals surface area contributed by atoms with E-state index >= 15 is 0 Å². The van der Waals surface area contributed by atoms with Crippen LogP contribution in [0, 0.1) is 34.5 Å². The second-order valence-electron chi connectivity index (χ2n) is 23.1. The van der Waals surface area contributed by atoms with Gasteiger partial charge in [0.05, 0.1) is 0 Å². The monoisotopic (exact) mass is 830 g/mol. The fourth-order valence-electron chi connectivity index (χ4n) is 12.8. The van der Waals surface area contributed by atoms with Crippen molar-refractivity contribution in [3.63, 3.8) is 0 Å². The predicted octanol–water partition coefficient (Wildman–Crippen LogP) is 17.4. The lowest BCUT2D eigenvalue weighted by Gasteiger charge is -2.41. The van der Waals surface area contributed by atoms with E-state index in [9.17, 15) is 0 Å². The first-order valence-corrected chi connectivity index (χ1v) is 24.3. The highest BCUT2D eigenvalue weighted by molar-refractivity contribution is 6.16. The fraction of sp³-hybridized carbons (Fsp3) is 0.312. The molecule has 0 saturated carbocycles. The summed E-state index contributed by atoms with van der Waals surface area (Å²) in [5.74, 6) is 1.04. The number of hydrogen-bond acceptors (Lipinski definition) is 0. The van der Waals surface area contributed by atoms with E-state index < -0.39 is 0 Å². The summed E-state index contributed by atoms with van der Waals surface area (Å²) < 4.78 is 0. The highest BCUT2D eigenvalue weighted by atomic mass is 14.6. The molecule has 7 aliphatic carbocycles. The lowest BCUT2D eigenvalue weighted by molar-refractivity contribution is 0.464. The highest BCUT2D eigenvalue weighted by Gasteiger charge is 2.54. The Labute approximate surface area is 381 Å². The predicted molar refractivity (Wildman–Crippen MR) is 276 cm³/mol. The van der Waals surface area contributed by atoms with Crippen LogP contribution in [-0.2, 0) is 5.41 Å². The second-order valence-corrected chi connectivity index (χ2v) is 23.1. The van der Waals surface area contributed by atoms with Crippen molar-refractivity contribution in [2.45, 2.75) is 93.4 Å². The van der Waals surface area contributed by atoms with Crippen LogP contribution in [-0.4, -0.2) is 0 Å². The standard InChI is InChI=1S/C64H62/c1-62(2,3)45-25-15-22-41(29-45)48-36-53-49-31-38-20-13-14-21-39(38)32-50(49)58-56(42-24-16-26-46(30-42)63(4,5)6)55(37-18-11-10-12-19-37)59-52-35-44-33-47-40(23-17-27-54(47)64(7,8)9)28-43(44)34-51(52)57(48)61(59)60(53)58/h11,13-28,31-36,41-42,60-61H,10,12,29-30H2,1-9H3. The molecule has 0 aliphatic heterocycles. The van der Waals surface area contributed by atoms with Crippen LogP contribution in [0.4, 0.5) is 0 Å². The summed E-state index contributed by atoms with van der Waals surface area (Å²) in [4.78, 5) is 0. The molecule has 0 bridgehead atoms. The number of allylic oxidation sites excluding steroid dienone is 20. The summed E-state index contributed by atoms with van der Waals surface area (Å²) in [6.07, 6.45) is 29.2. The van der Waals surface area contributed by atoms with Crippen LogP contribution in [0.15, 0.2) is 173 Å². The van der Waals surface area contributed by atoms with Crippen LogP contribution in [0.25, 0.3) is 54.6 Å². The van der Waals surface area contributed by atoms with Crippen molar-refractivity contribution in [2.75, 3.05) is 0 Å². The van der Waals surface area contributed by atoms with Crippen LogP contribution in [0.5, 0.6) is 0 Å². The molecule has 0 aromatic heterocycles. The molecule has 12 rings (SSSR count). The minimum atomic E-state index is 0.0413. The molecule has 4 unspecified atom stereocenters. The van der Waals surface area contributed by atoms with Gasteiger partial charge in [0.2, 0.25) is 0 Å². The van der Waals surface area contributed by atoms with Gasteiger partial charge in [-0.1, -0.05) is 177 Å². The SMILES string of the molecule is CC(C)(C)C1=CC=CC(C2=C3c4cc5cc6cccc(C(C)(C)C)c6cc5cc4C4=C(C5=CCCC=C5)C(C5C=CC=C(C(C)(C)C)C5)=C5c6cc7ccccc7cc6C(=C2)C5C43)C1. The number of hydrogen-bond donors (Lipinski definition) is 0. The summed E-state index contributed by atoms with van der Waals surface area (Å²) in [7, 11) is 0. The van der Waals surface area contributed by atoms with Gasteiger partial charge in [0.1, 0.15) is 0 Å². The van der Waals surface area contributed by atoms with E-state index in [1.807, 2.05) is 0 Å². The van der Waals surface area contributed by atoms with E-state index in [4.69, 9.17) is 0 Å². The van der Waals surface area contributed by atoms with E-state index in [2.05, 4.69) is 202 Å². The lowest BCUT2D eigenvalue weighted by Crippen LogP contribution is -2.28. The fourth-order valence-corrected chi connectivity index (χ4v) is 12.8. The van der Waals surface area contributed by atoms with E-state index in [1.165, 1.54) is 93.6 Å². The number of fused-ring (bicyclic) bond motifs is 9. The molecule has 0 spiro atoms. The Bertz CT molecular complexity index is 3250. The van der Waals surface area contributed by atoms with Gasteiger partial charge in [0, 0.05) is 23.7 Å². The number of benzene rings is 5. The Morgan fingerprint density at radius 1 is 0.500 bits per heavy atom. The van der Waals surface area contributed by atoms with Crippen molar-refractivity contribution in [1.82, 2.24) is 0 Å². The topological polar surface area (TPSA) is 0 Å². The molecule has 0 radical (unpaired) electrons. The van der Waals surface area contributed by atoms with E-state index in [1.54, 1.807) is 22.3 Å². The van der Waals surface area contributed by atoms with Crippen LogP contribution in [0.2, 0.25) is 0 Å². The normalized spacial score (nSPS) is 23.8. The third-order valence-corrected chi connectivity index (χ3v) is 16.0. The first kappa shape index (κ1) is 39.8. The van der Waals surface area contributed by atoms with Gasteiger partial charge in [-0.3, -0.25) is 0 Å². The number of rotatable bonds is 3. The van der Waals surface area contributed by atoms with Crippen LogP contribution < -0.4 is 0 Å². The largest absolute Gasteiger partial charge is 0.0836 e. The molecule has 5 aromatic carbocycles. The zero-order chi connectivity index (χ0) is 44.0. The molecular weight excluding hydrogens is 769 g/mol. The maximum absolute atomic E-state index is 2.73. The third kappa shape index (κ3) is 6.00. The van der Waals surface area contributed by atoms with Crippen molar-refractivity contribution in [3.8, 4) is 0 Å². The van der Waals surface area contributed by atoms with Crippen molar-refractivity contribution in [2.24, 2.45) is 34.5 Å². The van der Waals surface area contributed by atoms with Crippen LogP contribution >= 0.6 is 0 Å². The summed E-state index contributed by atoms with van der Waals surface area (Å²) in [5, 5.41) is 8.07. The van der Waals surface area contributed by atoms with Gasteiger partial charge in [-0.15, -0.1) is 0 Å². The molecule has 0 amide bonds. The molecule has 0 heteroatoms. The van der Waals surface area contributed by atoms with Crippen molar-refractivity contribution in [3.05, 3.63) is 201 Å². The van der Waals surface area contributed by atoms with Gasteiger partial charge in [-0.2, -0.15) is 0 Å². The Morgan fingerprint density at radius 2 is 1.11 bits per heavy atom. The Hall–Kier alpha value is -5.72. The molecule has 5 aromatic rings. The zero-order valence-corrected chi connectivity index (χ0v) is 39.4. The Morgan fingerprint density at radius 3 is 1.78 bits per heavy atom. The minimum Gasteiger partial charge on any atom is -0.0836 e. The summed E-state index contributed by atoms with van der Waals surface area (Å²) in [5.41, 5.74) is 22.9. The Kier molecular flexibility index (Phi) is 8.65. The van der Waals surface area contributed by atoms with Gasteiger partial charge < -0.3 is 0 Å². The molecule has 7 aliphatic rings. The lowest BCUT2D eigenvalue weighted by atomic mass is 9.61. The average molecular weight is 831 g/mol. The van der Waals surface area contributed by atoms with Gasteiger partial charge in [0.25, 0.3) is 0 Å². The molecule has 64 heavy (non-hydrogen) atoms. The maximum Gasteiger partial charge on any atom is 0.0221 e. The minimum absolute atomic E-state index is 0.0413. The first-order chi connectivity index (χ1) is 30.6. The molecule has 0 heterocycles. The van der Waals surface area contributed by atoms with Crippen molar-refractivity contribution < 1.29 is 0 Å². The maximum atomic E-state index is 2.73. The quantitative estimate of drug-likeness (QED) is 0.159. The smallest absolute Gasteiger partial charge is 0.0221 e. The second kappa shape index (κ2) is 13.9. The van der Waals surface area contributed by atoms with Crippen molar-refractivity contribution >= 4 is 54.6 Å². The van der Waals surface area contributed by atoms with Gasteiger partial charge in [0.15, 0.2) is 0 Å². The third-order valence-electron chi connectivity index (χ3n) is 16.0. The molecular formula is C64H62. The van der Waals surface area contributed by atoms with E-state index in [-0.39, 0.29) is 34.0 Å². The molecule has 0 fully saturated rings. The van der Waals surface area contributed by atoms with Gasteiger partial charge in [-0.05, 0) is 183 Å². The molecule has 0 nitrogen and oxygen atoms in total. The van der Waals surface area contributed by atoms with E-state index in [0.717, 1.165) is 25.7 Å². The molecule has 4 atom stereocenters. The summed E-state index contributed by atoms with van der Waals surface area (Å²) >= 11 is 0. The van der Waals surface area contributed by atoms with Crippen LogP contribution in [0.3, 0.4) is 0 Å². The Balaban J connectivity index is 1.22. The zero-order valence-electron chi connectivity index (χ0n) is 39.4. The van der Waals surface area contributed by atoms with Gasteiger partial charge >= 0.3 is 0 Å². The summed E-state index contributed by atoms with van der Waals surface area (Å²) in [6, 6.07) is 31.5. The summed E-state index contributed by atoms with van der Waals surface area (Å²) in [6.45, 7) is 21.5.